The maximum absolute atomic E-state index is 11.5. The van der Waals surface area contributed by atoms with E-state index in [0.717, 1.165) is 4.43 Å². The van der Waals surface area contributed by atoms with E-state index in [1.54, 1.807) is 12.1 Å². The second-order valence-corrected chi connectivity index (χ2v) is 5.16. The first-order valence-corrected chi connectivity index (χ1v) is 6.50. The molecule has 0 aliphatic carbocycles. The predicted molar refractivity (Wildman–Crippen MR) is 70.4 cm³/mol. The van der Waals surface area contributed by atoms with Crippen LogP contribution in [-0.2, 0) is 14.2 Å². The lowest BCUT2D eigenvalue weighted by Crippen LogP contribution is -2.21. The molecule has 0 heterocycles. The van der Waals surface area contributed by atoms with Gasteiger partial charge in [0.15, 0.2) is 0 Å². The molecule has 0 radical (unpaired) electrons. The first kappa shape index (κ1) is 13.4. The van der Waals surface area contributed by atoms with Gasteiger partial charge in [0.05, 0.1) is 5.56 Å². The molecule has 0 amide bonds. The van der Waals surface area contributed by atoms with Crippen LogP contribution in [0.5, 0.6) is 0 Å². The van der Waals surface area contributed by atoms with Gasteiger partial charge in [-0.25, -0.2) is 4.79 Å². The number of benzene rings is 1. The molecule has 0 N–H and O–H groups in total. The Morgan fingerprint density at radius 2 is 1.81 bits per heavy atom. The highest BCUT2D eigenvalue weighted by atomic mass is 127. The molecule has 88 valence electrons. The summed E-state index contributed by atoms with van der Waals surface area (Å²) in [7, 11) is 0. The van der Waals surface area contributed by atoms with Gasteiger partial charge in [-0.3, -0.25) is 4.89 Å². The molecule has 0 atom stereocenters. The largest absolute Gasteiger partial charge is 0.373 e. The average Bonchev–Trinajstić information content (AvgIpc) is 2.25. The lowest BCUT2D eigenvalue weighted by molar-refractivity contribution is -0.301. The molecular weight excluding hydrogens is 319 g/mol. The minimum Gasteiger partial charge on any atom is -0.292 e. The van der Waals surface area contributed by atoms with E-state index in [-0.39, 0.29) is 0 Å². The lowest BCUT2D eigenvalue weighted by Gasteiger charge is -2.16. The van der Waals surface area contributed by atoms with E-state index in [1.807, 2.05) is 32.9 Å². The summed E-state index contributed by atoms with van der Waals surface area (Å²) in [6, 6.07) is 7.28. The summed E-state index contributed by atoms with van der Waals surface area (Å²) in [6.45, 7) is 5.46. The van der Waals surface area contributed by atoms with Crippen LogP contribution >= 0.6 is 22.6 Å². The molecule has 3 nitrogen and oxygen atoms in total. The first-order chi connectivity index (χ1) is 7.42. The van der Waals surface area contributed by atoms with E-state index in [4.69, 9.17) is 9.78 Å². The number of hydrogen-bond acceptors (Lipinski definition) is 3. The van der Waals surface area contributed by atoms with Gasteiger partial charge in [0, 0.05) is 4.43 Å². The van der Waals surface area contributed by atoms with Gasteiger partial charge in [0.25, 0.3) is 0 Å². The highest BCUT2D eigenvalue weighted by Gasteiger charge is 2.16. The van der Waals surface area contributed by atoms with Crippen molar-refractivity contribution in [1.82, 2.24) is 0 Å². The summed E-state index contributed by atoms with van der Waals surface area (Å²) in [4.78, 5) is 21.2. The Morgan fingerprint density at radius 3 is 2.25 bits per heavy atom. The van der Waals surface area contributed by atoms with E-state index in [2.05, 4.69) is 22.6 Å². The minimum atomic E-state index is -0.488. The molecule has 16 heavy (non-hydrogen) atoms. The van der Waals surface area contributed by atoms with Crippen LogP contribution in [0.4, 0.5) is 0 Å². The van der Waals surface area contributed by atoms with E-state index in [1.165, 1.54) is 5.56 Å². The summed E-state index contributed by atoms with van der Waals surface area (Å²) < 4.78 is 0.922. The summed E-state index contributed by atoms with van der Waals surface area (Å²) in [5, 5.41) is 0. The molecule has 0 aromatic heterocycles. The van der Waals surface area contributed by atoms with E-state index < -0.39 is 11.6 Å². The topological polar surface area (TPSA) is 35.5 Å². The average molecular weight is 334 g/mol. The Kier molecular flexibility index (Phi) is 4.73. The summed E-state index contributed by atoms with van der Waals surface area (Å²) in [5.74, 6) is -0.463. The maximum atomic E-state index is 11.5. The van der Waals surface area contributed by atoms with Gasteiger partial charge in [-0.2, -0.15) is 4.89 Å². The third-order valence-electron chi connectivity index (χ3n) is 1.71. The number of rotatable bonds is 3. The van der Waals surface area contributed by atoms with Crippen LogP contribution in [0.15, 0.2) is 24.3 Å². The van der Waals surface area contributed by atoms with Crippen molar-refractivity contribution in [2.75, 3.05) is 0 Å². The van der Waals surface area contributed by atoms with Crippen LogP contribution in [0.25, 0.3) is 0 Å². The molecule has 1 rings (SSSR count). The van der Waals surface area contributed by atoms with Gasteiger partial charge in [0.2, 0.25) is 0 Å². The molecule has 4 heteroatoms. The van der Waals surface area contributed by atoms with Gasteiger partial charge >= 0.3 is 5.97 Å². The third-order valence-corrected chi connectivity index (χ3v) is 2.59. The Balaban J connectivity index is 2.59. The summed E-state index contributed by atoms with van der Waals surface area (Å²) >= 11 is 2.27. The molecule has 0 aliphatic heterocycles. The second kappa shape index (κ2) is 5.63. The number of carbonyl (C=O) groups is 1. The van der Waals surface area contributed by atoms with E-state index >= 15 is 0 Å². The second-order valence-electron chi connectivity index (χ2n) is 4.40. The van der Waals surface area contributed by atoms with Crippen LogP contribution in [0.1, 0.15) is 36.7 Å². The van der Waals surface area contributed by atoms with Crippen LogP contribution in [0.2, 0.25) is 0 Å². The van der Waals surface area contributed by atoms with Gasteiger partial charge < -0.3 is 0 Å². The van der Waals surface area contributed by atoms with Crippen molar-refractivity contribution in [3.63, 3.8) is 0 Å². The molecule has 0 saturated heterocycles. The van der Waals surface area contributed by atoms with Crippen molar-refractivity contribution in [1.29, 1.82) is 0 Å². The van der Waals surface area contributed by atoms with Gasteiger partial charge in [-0.05, 0) is 38.5 Å². The summed E-state index contributed by atoms with van der Waals surface area (Å²) in [5.41, 5.74) is 1.18. The van der Waals surface area contributed by atoms with Crippen molar-refractivity contribution >= 4 is 28.6 Å². The normalized spacial score (nSPS) is 11.2. The lowest BCUT2D eigenvalue weighted by atomic mass is 10.2. The zero-order valence-corrected chi connectivity index (χ0v) is 11.8. The Morgan fingerprint density at radius 1 is 1.25 bits per heavy atom. The minimum absolute atomic E-state index is 0.463. The number of alkyl halides is 1. The fraction of sp³-hybridized carbons (Fsp3) is 0.417. The highest BCUT2D eigenvalue weighted by molar-refractivity contribution is 14.1. The van der Waals surface area contributed by atoms with Gasteiger partial charge in [-0.15, -0.1) is 0 Å². The van der Waals surface area contributed by atoms with E-state index in [0.29, 0.717) is 5.56 Å². The molecule has 1 aromatic carbocycles. The number of halogens is 1. The fourth-order valence-electron chi connectivity index (χ4n) is 0.941. The van der Waals surface area contributed by atoms with E-state index in [9.17, 15) is 4.79 Å². The Hall–Kier alpha value is -0.620. The van der Waals surface area contributed by atoms with Crippen LogP contribution in [0, 0.1) is 0 Å². The molecule has 0 fully saturated rings. The summed E-state index contributed by atoms with van der Waals surface area (Å²) in [6.07, 6.45) is 0. The molecule has 1 aromatic rings. The van der Waals surface area contributed by atoms with Gasteiger partial charge in [-0.1, -0.05) is 34.7 Å². The zero-order valence-electron chi connectivity index (χ0n) is 9.62. The van der Waals surface area contributed by atoms with Crippen molar-refractivity contribution in [2.45, 2.75) is 30.8 Å². The maximum Gasteiger partial charge on any atom is 0.373 e. The van der Waals surface area contributed by atoms with Crippen LogP contribution < -0.4 is 0 Å². The monoisotopic (exact) mass is 334 g/mol. The highest BCUT2D eigenvalue weighted by Crippen LogP contribution is 2.12. The van der Waals surface area contributed by atoms with Crippen molar-refractivity contribution in [3.05, 3.63) is 35.4 Å². The van der Waals surface area contributed by atoms with Crippen LogP contribution in [-0.4, -0.2) is 11.6 Å². The van der Waals surface area contributed by atoms with Crippen molar-refractivity contribution in [2.24, 2.45) is 0 Å². The quantitative estimate of drug-likeness (QED) is 0.367. The number of carbonyl (C=O) groups excluding carboxylic acids is 1. The standard InChI is InChI=1S/C12H15IO3/c1-12(2,3)16-15-11(14)10-6-4-9(8-13)5-7-10/h4-7H,8H2,1-3H3. The molecule has 0 saturated carbocycles. The van der Waals surface area contributed by atoms with Crippen molar-refractivity contribution < 1.29 is 14.6 Å². The fourth-order valence-corrected chi connectivity index (χ4v) is 1.45. The van der Waals surface area contributed by atoms with Crippen LogP contribution in [0.3, 0.4) is 0 Å². The van der Waals surface area contributed by atoms with Gasteiger partial charge in [0.1, 0.15) is 5.60 Å². The molecule has 0 aliphatic rings. The third kappa shape index (κ3) is 4.49. The Bertz CT molecular complexity index is 352. The molecule has 0 spiro atoms. The number of hydrogen-bond donors (Lipinski definition) is 0. The zero-order chi connectivity index (χ0) is 12.2. The molecule has 0 bridgehead atoms. The first-order valence-electron chi connectivity index (χ1n) is 4.97. The van der Waals surface area contributed by atoms with Crippen molar-refractivity contribution in [3.8, 4) is 0 Å². The Labute approximate surface area is 109 Å². The molecule has 0 unspecified atom stereocenters. The predicted octanol–water partition coefficient (Wildman–Crippen LogP) is 3.51. The SMILES string of the molecule is CC(C)(C)OOC(=O)c1ccc(CI)cc1. The smallest absolute Gasteiger partial charge is 0.292 e. The molecular formula is C12H15IO3.